The first-order chi connectivity index (χ1) is 5.24. The Morgan fingerprint density at radius 1 is 1.82 bits per heavy atom. The summed E-state index contributed by atoms with van der Waals surface area (Å²) in [7, 11) is 1.27. The van der Waals surface area contributed by atoms with Gasteiger partial charge in [-0.2, -0.15) is 0 Å². The van der Waals surface area contributed by atoms with E-state index in [2.05, 4.69) is 14.8 Å². The lowest BCUT2D eigenvalue weighted by molar-refractivity contribution is -0.134. The standard InChI is InChI=1S/C6H9N3O2/c1-3-5(8-9-7)4-6(10)11-2/h4H,3H2,1-2H3/b5-4-. The Morgan fingerprint density at radius 2 is 2.45 bits per heavy atom. The summed E-state index contributed by atoms with van der Waals surface area (Å²) in [5.41, 5.74) is 8.39. The maximum absolute atomic E-state index is 10.6. The molecule has 0 bridgehead atoms. The topological polar surface area (TPSA) is 75.1 Å². The van der Waals surface area contributed by atoms with Crippen LogP contribution in [-0.2, 0) is 9.53 Å². The van der Waals surface area contributed by atoms with E-state index in [9.17, 15) is 4.79 Å². The van der Waals surface area contributed by atoms with Crippen molar-refractivity contribution < 1.29 is 9.53 Å². The first-order valence-corrected chi connectivity index (χ1v) is 3.08. The third kappa shape index (κ3) is 4.00. The van der Waals surface area contributed by atoms with Crippen LogP contribution < -0.4 is 0 Å². The third-order valence-corrected chi connectivity index (χ3v) is 1.02. The lowest BCUT2D eigenvalue weighted by atomic mass is 10.3. The second-order valence-corrected chi connectivity index (χ2v) is 1.70. The fraction of sp³-hybridized carbons (Fsp3) is 0.500. The molecule has 0 rings (SSSR count). The average molecular weight is 155 g/mol. The Bertz CT molecular complexity index is 216. The molecule has 0 aromatic rings. The van der Waals surface area contributed by atoms with Crippen LogP contribution in [0.15, 0.2) is 16.9 Å². The molecule has 11 heavy (non-hydrogen) atoms. The largest absolute Gasteiger partial charge is 0.466 e. The molecule has 60 valence electrons. The van der Waals surface area contributed by atoms with Gasteiger partial charge in [-0.3, -0.25) is 0 Å². The smallest absolute Gasteiger partial charge is 0.330 e. The molecule has 0 spiro atoms. The maximum Gasteiger partial charge on any atom is 0.330 e. The number of nitrogens with zero attached hydrogens (tertiary/aromatic N) is 3. The van der Waals surface area contributed by atoms with E-state index in [1.165, 1.54) is 13.2 Å². The summed E-state index contributed by atoms with van der Waals surface area (Å²) in [6.07, 6.45) is 1.68. The minimum absolute atomic E-state index is 0.374. The highest BCUT2D eigenvalue weighted by Crippen LogP contribution is 2.02. The van der Waals surface area contributed by atoms with Gasteiger partial charge in [-0.05, 0) is 12.0 Å². The molecule has 0 radical (unpaired) electrons. The lowest BCUT2D eigenvalue weighted by Crippen LogP contribution is -1.95. The number of carbonyl (C=O) groups excluding carboxylic acids is 1. The van der Waals surface area contributed by atoms with Crippen molar-refractivity contribution in [3.63, 3.8) is 0 Å². The van der Waals surface area contributed by atoms with Gasteiger partial charge < -0.3 is 4.74 Å². The van der Waals surface area contributed by atoms with E-state index in [-0.39, 0.29) is 0 Å². The average Bonchev–Trinajstić information content (AvgIpc) is 2.03. The quantitative estimate of drug-likeness (QED) is 0.205. The third-order valence-electron chi connectivity index (χ3n) is 1.02. The summed E-state index contributed by atoms with van der Waals surface area (Å²) in [6, 6.07) is 0. The summed E-state index contributed by atoms with van der Waals surface area (Å²) in [4.78, 5) is 13.1. The monoisotopic (exact) mass is 155 g/mol. The van der Waals surface area contributed by atoms with E-state index in [1.54, 1.807) is 6.92 Å². The van der Waals surface area contributed by atoms with Gasteiger partial charge in [0.05, 0.1) is 7.11 Å². The van der Waals surface area contributed by atoms with Crippen LogP contribution in [0.5, 0.6) is 0 Å². The van der Waals surface area contributed by atoms with Crippen LogP contribution in [-0.4, -0.2) is 13.1 Å². The predicted molar refractivity (Wildman–Crippen MR) is 39.5 cm³/mol. The van der Waals surface area contributed by atoms with Crippen LogP contribution >= 0.6 is 0 Å². The summed E-state index contributed by atoms with van der Waals surface area (Å²) in [5.74, 6) is -0.505. The number of methoxy groups -OCH3 is 1. The molecule has 5 nitrogen and oxygen atoms in total. The molecule has 0 saturated carbocycles. The molecule has 0 aliphatic carbocycles. The molecule has 0 saturated heterocycles. The van der Waals surface area contributed by atoms with Crippen LogP contribution in [0.1, 0.15) is 13.3 Å². The molecule has 0 aliphatic rings. The molecule has 0 heterocycles. The van der Waals surface area contributed by atoms with Crippen LogP contribution in [0.25, 0.3) is 10.4 Å². The Labute approximate surface area is 64.3 Å². The molecule has 0 unspecified atom stereocenters. The van der Waals surface area contributed by atoms with Crippen molar-refractivity contribution in [2.75, 3.05) is 7.11 Å². The molecular formula is C6H9N3O2. The minimum Gasteiger partial charge on any atom is -0.466 e. The van der Waals surface area contributed by atoms with Crippen LogP contribution in [0.2, 0.25) is 0 Å². The summed E-state index contributed by atoms with van der Waals surface area (Å²) < 4.78 is 4.33. The lowest BCUT2D eigenvalue weighted by Gasteiger charge is -1.93. The normalized spacial score (nSPS) is 10.2. The number of rotatable bonds is 3. The van der Waals surface area contributed by atoms with Gasteiger partial charge in [-0.15, -0.1) is 0 Å². The molecular weight excluding hydrogens is 146 g/mol. The number of allylic oxidation sites excluding steroid dienone is 1. The van der Waals surface area contributed by atoms with Gasteiger partial charge in [-0.1, -0.05) is 12.0 Å². The maximum atomic E-state index is 10.6. The SMILES string of the molecule is CC/C(=C/C(=O)OC)N=[N+]=[N-]. The molecule has 0 N–H and O–H groups in total. The fourth-order valence-corrected chi connectivity index (χ4v) is 0.454. The zero-order chi connectivity index (χ0) is 8.69. The number of carbonyl (C=O) groups is 1. The second-order valence-electron chi connectivity index (χ2n) is 1.70. The number of azide groups is 1. The molecule has 0 aromatic heterocycles. The molecule has 0 aromatic carbocycles. The minimum atomic E-state index is -0.505. The highest BCUT2D eigenvalue weighted by atomic mass is 16.5. The zero-order valence-electron chi connectivity index (χ0n) is 6.44. The van der Waals surface area contributed by atoms with Crippen molar-refractivity contribution in [2.45, 2.75) is 13.3 Å². The Morgan fingerprint density at radius 3 is 2.82 bits per heavy atom. The zero-order valence-corrected chi connectivity index (χ0v) is 6.44. The molecule has 0 fully saturated rings. The Hall–Kier alpha value is -1.48. The number of esters is 1. The molecule has 0 aliphatic heterocycles. The van der Waals surface area contributed by atoms with E-state index in [4.69, 9.17) is 5.53 Å². The second kappa shape index (κ2) is 5.32. The number of hydrogen-bond donors (Lipinski definition) is 0. The van der Waals surface area contributed by atoms with Crippen LogP contribution in [0.3, 0.4) is 0 Å². The number of hydrogen-bond acceptors (Lipinski definition) is 3. The van der Waals surface area contributed by atoms with Gasteiger partial charge in [0, 0.05) is 16.7 Å². The van der Waals surface area contributed by atoms with Crippen LogP contribution in [0, 0.1) is 0 Å². The first-order valence-electron chi connectivity index (χ1n) is 3.08. The Kier molecular flexibility index (Phi) is 4.60. The van der Waals surface area contributed by atoms with Crippen molar-refractivity contribution in [3.05, 3.63) is 22.2 Å². The van der Waals surface area contributed by atoms with Gasteiger partial charge in [0.15, 0.2) is 0 Å². The number of ether oxygens (including phenoxy) is 1. The van der Waals surface area contributed by atoms with Gasteiger partial charge in [0.25, 0.3) is 0 Å². The summed E-state index contributed by atoms with van der Waals surface area (Å²) in [6.45, 7) is 1.78. The fourth-order valence-electron chi connectivity index (χ4n) is 0.454. The van der Waals surface area contributed by atoms with Crippen molar-refractivity contribution in [2.24, 2.45) is 5.11 Å². The van der Waals surface area contributed by atoms with Crippen molar-refractivity contribution in [1.29, 1.82) is 0 Å². The van der Waals surface area contributed by atoms with Crippen molar-refractivity contribution in [3.8, 4) is 0 Å². The van der Waals surface area contributed by atoms with E-state index in [1.807, 2.05) is 0 Å². The van der Waals surface area contributed by atoms with E-state index >= 15 is 0 Å². The summed E-state index contributed by atoms with van der Waals surface area (Å²) in [5, 5.41) is 3.27. The van der Waals surface area contributed by atoms with Gasteiger partial charge >= 0.3 is 5.97 Å². The Balaban J connectivity index is 4.34. The van der Waals surface area contributed by atoms with Gasteiger partial charge in [0.2, 0.25) is 0 Å². The van der Waals surface area contributed by atoms with E-state index in [0.29, 0.717) is 12.1 Å². The molecule has 5 heteroatoms. The van der Waals surface area contributed by atoms with Crippen LogP contribution in [0.4, 0.5) is 0 Å². The molecule has 0 atom stereocenters. The van der Waals surface area contributed by atoms with Gasteiger partial charge in [0.1, 0.15) is 0 Å². The predicted octanol–water partition coefficient (Wildman–Crippen LogP) is 1.76. The first kappa shape index (κ1) is 9.52. The van der Waals surface area contributed by atoms with E-state index < -0.39 is 5.97 Å². The van der Waals surface area contributed by atoms with Crippen molar-refractivity contribution >= 4 is 5.97 Å². The highest BCUT2D eigenvalue weighted by Gasteiger charge is 1.95. The van der Waals surface area contributed by atoms with Gasteiger partial charge in [-0.25, -0.2) is 4.79 Å². The highest BCUT2D eigenvalue weighted by molar-refractivity contribution is 5.82. The van der Waals surface area contributed by atoms with E-state index in [0.717, 1.165) is 0 Å². The summed E-state index contributed by atoms with van der Waals surface area (Å²) >= 11 is 0. The molecule has 0 amide bonds. The van der Waals surface area contributed by atoms with Crippen molar-refractivity contribution in [1.82, 2.24) is 0 Å².